The number of rotatable bonds is 5. The van der Waals surface area contributed by atoms with Crippen molar-refractivity contribution in [2.45, 2.75) is 6.42 Å². The highest BCUT2D eigenvalue weighted by Gasteiger charge is 2.14. The van der Waals surface area contributed by atoms with E-state index in [0.717, 1.165) is 15.6 Å². The summed E-state index contributed by atoms with van der Waals surface area (Å²) >= 11 is 4.95. The zero-order valence-corrected chi connectivity index (χ0v) is 14.1. The lowest BCUT2D eigenvalue weighted by Crippen LogP contribution is -2.22. The van der Waals surface area contributed by atoms with Crippen molar-refractivity contribution in [3.8, 4) is 11.4 Å². The van der Waals surface area contributed by atoms with Gasteiger partial charge in [-0.25, -0.2) is 0 Å². The minimum absolute atomic E-state index is 0.172. The van der Waals surface area contributed by atoms with Crippen molar-refractivity contribution in [2.24, 2.45) is 0 Å². The number of aromatic nitrogens is 2. The molecule has 0 saturated carbocycles. The van der Waals surface area contributed by atoms with Crippen molar-refractivity contribution in [2.75, 3.05) is 0 Å². The van der Waals surface area contributed by atoms with Crippen LogP contribution in [0.3, 0.4) is 0 Å². The second kappa shape index (κ2) is 6.89. The Morgan fingerprint density at radius 1 is 1.35 bits per heavy atom. The van der Waals surface area contributed by atoms with Crippen LogP contribution in [0, 0.1) is 0 Å². The zero-order valence-electron chi connectivity index (χ0n) is 11.7. The summed E-state index contributed by atoms with van der Waals surface area (Å²) in [7, 11) is 0. The third kappa shape index (κ3) is 3.75. The molecule has 116 valence electrons. The van der Waals surface area contributed by atoms with Crippen LogP contribution >= 0.6 is 27.3 Å². The minimum atomic E-state index is -1.21. The van der Waals surface area contributed by atoms with E-state index < -0.39 is 5.97 Å². The summed E-state index contributed by atoms with van der Waals surface area (Å²) in [5.74, 6) is -0.609. The van der Waals surface area contributed by atoms with Crippen molar-refractivity contribution < 1.29 is 14.4 Å². The predicted octanol–water partition coefficient (Wildman–Crippen LogP) is 3.24. The van der Waals surface area contributed by atoms with E-state index >= 15 is 0 Å². The van der Waals surface area contributed by atoms with Crippen LogP contribution < -0.4 is 5.11 Å². The van der Waals surface area contributed by atoms with Gasteiger partial charge in [-0.2, -0.15) is 16.3 Å². The Morgan fingerprint density at radius 3 is 2.87 bits per heavy atom. The second-order valence-electron chi connectivity index (χ2n) is 4.68. The first-order valence-corrected chi connectivity index (χ1v) is 8.38. The molecule has 0 amide bonds. The van der Waals surface area contributed by atoms with Gasteiger partial charge in [-0.15, -0.1) is 0 Å². The second-order valence-corrected chi connectivity index (χ2v) is 6.31. The van der Waals surface area contributed by atoms with Gasteiger partial charge in [0.1, 0.15) is 0 Å². The van der Waals surface area contributed by atoms with Gasteiger partial charge in [-0.05, 0) is 29.2 Å². The van der Waals surface area contributed by atoms with E-state index in [1.54, 1.807) is 6.08 Å². The highest BCUT2D eigenvalue weighted by molar-refractivity contribution is 9.10. The van der Waals surface area contributed by atoms with Gasteiger partial charge in [0.05, 0.1) is 0 Å². The molecule has 5 nitrogen and oxygen atoms in total. The fourth-order valence-electron chi connectivity index (χ4n) is 1.99. The normalized spacial score (nSPS) is 11.6. The van der Waals surface area contributed by atoms with Crippen LogP contribution in [0.25, 0.3) is 23.0 Å². The number of nitrogens with zero attached hydrogens (tertiary/aromatic N) is 2. The number of halogens is 1. The van der Waals surface area contributed by atoms with Crippen molar-refractivity contribution in [3.05, 3.63) is 57.0 Å². The molecule has 0 aliphatic rings. The SMILES string of the molecule is O=C([O-])C/C(=C\c1ccccc1Br)c1nc(-c2ccsc2)no1. The lowest BCUT2D eigenvalue weighted by molar-refractivity contribution is -0.304. The van der Waals surface area contributed by atoms with Crippen molar-refractivity contribution in [1.29, 1.82) is 0 Å². The molecule has 3 rings (SSSR count). The van der Waals surface area contributed by atoms with Crippen LogP contribution in [0.1, 0.15) is 17.9 Å². The van der Waals surface area contributed by atoms with E-state index in [-0.39, 0.29) is 12.3 Å². The Hall–Kier alpha value is -2.25. The van der Waals surface area contributed by atoms with Crippen LogP contribution in [0.15, 0.2) is 50.1 Å². The molecular formula is C16H10BrN2O3S-. The van der Waals surface area contributed by atoms with Crippen LogP contribution in [-0.4, -0.2) is 16.1 Å². The topological polar surface area (TPSA) is 79.0 Å². The van der Waals surface area contributed by atoms with E-state index in [1.807, 2.05) is 41.1 Å². The summed E-state index contributed by atoms with van der Waals surface area (Å²) in [6.45, 7) is 0. The summed E-state index contributed by atoms with van der Waals surface area (Å²) in [4.78, 5) is 15.3. The molecule has 0 bridgehead atoms. The lowest BCUT2D eigenvalue weighted by atomic mass is 10.1. The largest absolute Gasteiger partial charge is 0.550 e. The fraction of sp³-hybridized carbons (Fsp3) is 0.0625. The van der Waals surface area contributed by atoms with Gasteiger partial charge in [-0.1, -0.05) is 39.3 Å². The third-order valence-electron chi connectivity index (χ3n) is 3.05. The van der Waals surface area contributed by atoms with Gasteiger partial charge in [0.25, 0.3) is 5.89 Å². The number of benzene rings is 1. The highest BCUT2D eigenvalue weighted by Crippen LogP contribution is 2.26. The number of aliphatic carboxylic acids is 1. The number of hydrogen-bond acceptors (Lipinski definition) is 6. The summed E-state index contributed by atoms with van der Waals surface area (Å²) in [5.41, 5.74) is 2.05. The molecule has 0 saturated heterocycles. The van der Waals surface area contributed by atoms with E-state index in [0.29, 0.717) is 11.4 Å². The van der Waals surface area contributed by atoms with Gasteiger partial charge < -0.3 is 14.4 Å². The molecule has 0 atom stereocenters. The Bertz CT molecular complexity index is 856. The maximum atomic E-state index is 11.0. The Kier molecular flexibility index (Phi) is 4.68. The summed E-state index contributed by atoms with van der Waals surface area (Å²) < 4.78 is 6.07. The first-order valence-electron chi connectivity index (χ1n) is 6.65. The third-order valence-corrected chi connectivity index (χ3v) is 4.46. The maximum Gasteiger partial charge on any atom is 0.254 e. The van der Waals surface area contributed by atoms with Gasteiger partial charge in [0.15, 0.2) is 0 Å². The van der Waals surface area contributed by atoms with Crippen LogP contribution in [0.4, 0.5) is 0 Å². The van der Waals surface area contributed by atoms with E-state index in [2.05, 4.69) is 26.1 Å². The number of hydrogen-bond donors (Lipinski definition) is 0. The zero-order chi connectivity index (χ0) is 16.2. The van der Waals surface area contributed by atoms with E-state index in [4.69, 9.17) is 4.52 Å². The fourth-order valence-corrected chi connectivity index (χ4v) is 3.02. The van der Waals surface area contributed by atoms with Crippen LogP contribution in [0.2, 0.25) is 0 Å². The van der Waals surface area contributed by atoms with Crippen LogP contribution in [0.5, 0.6) is 0 Å². The molecule has 3 aromatic rings. The number of carboxylic acid groups (broad SMARTS) is 1. The number of thiophene rings is 1. The minimum Gasteiger partial charge on any atom is -0.550 e. The van der Waals surface area contributed by atoms with Gasteiger partial charge >= 0.3 is 0 Å². The molecule has 7 heteroatoms. The number of carboxylic acids is 1. The van der Waals surface area contributed by atoms with Crippen molar-refractivity contribution >= 4 is 44.9 Å². The molecule has 0 aliphatic heterocycles. The maximum absolute atomic E-state index is 11.0. The van der Waals surface area contributed by atoms with E-state index in [9.17, 15) is 9.90 Å². The molecule has 23 heavy (non-hydrogen) atoms. The molecule has 0 radical (unpaired) electrons. The predicted molar refractivity (Wildman–Crippen MR) is 89.2 cm³/mol. The average Bonchev–Trinajstić information content (AvgIpc) is 3.19. The summed E-state index contributed by atoms with van der Waals surface area (Å²) in [6.07, 6.45) is 1.39. The van der Waals surface area contributed by atoms with Gasteiger partial charge in [0, 0.05) is 33.4 Å². The van der Waals surface area contributed by atoms with Crippen molar-refractivity contribution in [1.82, 2.24) is 10.1 Å². The standard InChI is InChI=1S/C16H11BrN2O3S/c17-13-4-2-1-3-10(13)7-12(8-14(20)21)16-18-15(19-22-16)11-5-6-23-9-11/h1-7,9H,8H2,(H,20,21)/p-1/b12-7+. The monoisotopic (exact) mass is 389 g/mol. The molecule has 0 aliphatic carbocycles. The molecule has 0 unspecified atom stereocenters. The summed E-state index contributed by atoms with van der Waals surface area (Å²) in [5, 5.41) is 18.7. The molecule has 2 aromatic heterocycles. The van der Waals surface area contributed by atoms with E-state index in [1.165, 1.54) is 11.3 Å². The van der Waals surface area contributed by atoms with Crippen molar-refractivity contribution in [3.63, 3.8) is 0 Å². The molecule has 0 spiro atoms. The Morgan fingerprint density at radius 2 is 2.17 bits per heavy atom. The first kappa shape index (κ1) is 15.6. The number of carbonyl (C=O) groups excluding carboxylic acids is 1. The average molecular weight is 390 g/mol. The van der Waals surface area contributed by atoms with Crippen LogP contribution in [-0.2, 0) is 4.79 Å². The molecular weight excluding hydrogens is 380 g/mol. The molecule has 1 aromatic carbocycles. The molecule has 0 fully saturated rings. The highest BCUT2D eigenvalue weighted by atomic mass is 79.9. The Balaban J connectivity index is 2.00. The molecule has 0 N–H and O–H groups in total. The molecule has 2 heterocycles. The summed E-state index contributed by atoms with van der Waals surface area (Å²) in [6, 6.07) is 9.33. The lowest BCUT2D eigenvalue weighted by Gasteiger charge is -2.05. The Labute approximate surface area is 144 Å². The van der Waals surface area contributed by atoms with Gasteiger partial charge in [-0.3, -0.25) is 0 Å². The first-order chi connectivity index (χ1) is 11.1. The van der Waals surface area contributed by atoms with Gasteiger partial charge in [0.2, 0.25) is 5.82 Å². The smallest absolute Gasteiger partial charge is 0.254 e. The number of carbonyl (C=O) groups is 1. The quantitative estimate of drug-likeness (QED) is 0.668.